The minimum atomic E-state index is -1.36. The van der Waals surface area contributed by atoms with Crippen LogP contribution in [-0.4, -0.2) is 42.7 Å². The number of ether oxygens (including phenoxy) is 2. The fourth-order valence-corrected chi connectivity index (χ4v) is 6.86. The smallest absolute Gasteiger partial charge is 0.309 e. The second kappa shape index (κ2) is 13.6. The first-order chi connectivity index (χ1) is 21.6. The summed E-state index contributed by atoms with van der Waals surface area (Å²) >= 11 is 0. The first kappa shape index (κ1) is 31.9. The van der Waals surface area contributed by atoms with Crippen molar-refractivity contribution in [2.24, 2.45) is 11.3 Å². The van der Waals surface area contributed by atoms with E-state index < -0.39 is 22.2 Å². The van der Waals surface area contributed by atoms with Crippen LogP contribution in [0.5, 0.6) is 11.6 Å². The summed E-state index contributed by atoms with van der Waals surface area (Å²) in [5, 5.41) is 10.9. The molecular weight excluding hydrogens is 586 g/mol. The van der Waals surface area contributed by atoms with Crippen LogP contribution in [0.15, 0.2) is 90.1 Å². The molecule has 0 saturated heterocycles. The molecule has 0 saturated carbocycles. The van der Waals surface area contributed by atoms with Crippen molar-refractivity contribution in [3.05, 3.63) is 102 Å². The minimum Gasteiger partial charge on any atom is -0.487 e. The summed E-state index contributed by atoms with van der Waals surface area (Å²) in [5.74, 6) is 0.936. The number of carbonyl (C=O) groups is 1. The Kier molecular flexibility index (Phi) is 9.68. The van der Waals surface area contributed by atoms with Gasteiger partial charge in [-0.3, -0.25) is 14.0 Å². The van der Waals surface area contributed by atoms with Gasteiger partial charge in [0.2, 0.25) is 5.88 Å². The van der Waals surface area contributed by atoms with Gasteiger partial charge < -0.3 is 19.1 Å². The number of hydrogen-bond donors (Lipinski definition) is 1. The number of nitrogens with zero attached hydrogens (tertiary/aromatic N) is 3. The molecule has 2 aromatic carbocycles. The quantitative estimate of drug-likeness (QED) is 0.148. The van der Waals surface area contributed by atoms with Crippen LogP contribution in [0, 0.1) is 11.3 Å². The molecule has 5 rings (SSSR count). The highest BCUT2D eigenvalue weighted by Crippen LogP contribution is 2.37. The van der Waals surface area contributed by atoms with Gasteiger partial charge in [0.25, 0.3) is 0 Å². The van der Waals surface area contributed by atoms with Gasteiger partial charge in [-0.05, 0) is 67.3 Å². The first-order valence-corrected chi connectivity index (χ1v) is 16.3. The van der Waals surface area contributed by atoms with Gasteiger partial charge in [0.1, 0.15) is 12.4 Å². The summed E-state index contributed by atoms with van der Waals surface area (Å²) in [5.41, 5.74) is 4.40. The molecule has 1 atom stereocenters. The zero-order chi connectivity index (χ0) is 32.1. The van der Waals surface area contributed by atoms with E-state index in [2.05, 4.69) is 26.7 Å². The van der Waals surface area contributed by atoms with Crippen LogP contribution in [0.4, 0.5) is 0 Å². The Morgan fingerprint density at radius 3 is 2.38 bits per heavy atom. The van der Waals surface area contributed by atoms with Gasteiger partial charge >= 0.3 is 5.97 Å². The minimum absolute atomic E-state index is 0.188. The third kappa shape index (κ3) is 7.42. The van der Waals surface area contributed by atoms with Crippen LogP contribution < -0.4 is 9.47 Å². The number of hydrogen-bond acceptors (Lipinski definition) is 6. The average Bonchev–Trinajstić information content (AvgIpc) is 3.31. The van der Waals surface area contributed by atoms with E-state index in [1.807, 2.05) is 74.5 Å². The third-order valence-corrected chi connectivity index (χ3v) is 9.56. The topological polar surface area (TPSA) is 104 Å². The molecule has 0 aliphatic heterocycles. The normalized spacial score (nSPS) is 12.4. The maximum Gasteiger partial charge on any atom is 0.309 e. The highest BCUT2D eigenvalue weighted by molar-refractivity contribution is 7.85. The lowest BCUT2D eigenvalue weighted by Gasteiger charge is -2.22. The summed E-state index contributed by atoms with van der Waals surface area (Å²) < 4.78 is 27.5. The standard InChI is InChI=1S/C36H39N3O5S/c1-24(2)23-45(42)34-30-18-29(44-22-28-8-6-7-17-37-28)14-15-31(30)39(32(34)19-36(3,4)35(40)41)21-25-9-11-26(12-10-25)27-13-16-33(43-5)38-20-27/h6-18,20,24H,19,21-23H2,1-5H3,(H,40,41). The Hall–Kier alpha value is -4.50. The summed E-state index contributed by atoms with van der Waals surface area (Å²) in [6, 6.07) is 23.5. The molecule has 0 fully saturated rings. The number of benzene rings is 2. The molecule has 0 bridgehead atoms. The molecule has 0 aliphatic rings. The van der Waals surface area contributed by atoms with E-state index in [0.717, 1.165) is 39.0 Å². The largest absolute Gasteiger partial charge is 0.487 e. The van der Waals surface area contributed by atoms with E-state index in [1.54, 1.807) is 33.4 Å². The van der Waals surface area contributed by atoms with Crippen molar-refractivity contribution in [3.8, 4) is 22.8 Å². The fourth-order valence-electron chi connectivity index (χ4n) is 5.23. The van der Waals surface area contributed by atoms with Crippen molar-refractivity contribution in [1.29, 1.82) is 0 Å². The molecule has 1 N–H and O–H groups in total. The van der Waals surface area contributed by atoms with E-state index in [1.165, 1.54) is 0 Å². The fraction of sp³-hybridized carbons (Fsp3) is 0.306. The van der Waals surface area contributed by atoms with Gasteiger partial charge in [-0.2, -0.15) is 0 Å². The third-order valence-electron chi connectivity index (χ3n) is 7.68. The molecule has 9 heteroatoms. The maximum atomic E-state index is 14.0. The van der Waals surface area contributed by atoms with E-state index >= 15 is 0 Å². The highest BCUT2D eigenvalue weighted by atomic mass is 32.2. The van der Waals surface area contributed by atoms with Crippen LogP contribution in [0.25, 0.3) is 22.0 Å². The van der Waals surface area contributed by atoms with Crippen molar-refractivity contribution in [2.45, 2.75) is 52.2 Å². The van der Waals surface area contributed by atoms with Gasteiger partial charge in [0.15, 0.2) is 0 Å². The number of rotatable bonds is 13. The molecule has 3 aromatic heterocycles. The van der Waals surface area contributed by atoms with Crippen molar-refractivity contribution in [2.75, 3.05) is 12.9 Å². The number of fused-ring (bicyclic) bond motifs is 1. The van der Waals surface area contributed by atoms with Crippen LogP contribution in [0.3, 0.4) is 0 Å². The first-order valence-electron chi connectivity index (χ1n) is 14.9. The zero-order valence-corrected chi connectivity index (χ0v) is 27.1. The number of pyridine rings is 2. The number of carboxylic acids is 1. The van der Waals surface area contributed by atoms with Crippen LogP contribution >= 0.6 is 0 Å². The van der Waals surface area contributed by atoms with Crippen molar-refractivity contribution < 1.29 is 23.6 Å². The molecule has 3 heterocycles. The van der Waals surface area contributed by atoms with Crippen molar-refractivity contribution >= 4 is 27.7 Å². The lowest BCUT2D eigenvalue weighted by atomic mass is 9.88. The molecule has 0 amide bonds. The zero-order valence-electron chi connectivity index (χ0n) is 26.3. The molecule has 5 aromatic rings. The average molecular weight is 626 g/mol. The van der Waals surface area contributed by atoms with Gasteiger partial charge in [-0.15, -0.1) is 0 Å². The lowest BCUT2D eigenvalue weighted by molar-refractivity contribution is -0.146. The van der Waals surface area contributed by atoms with Crippen LogP contribution in [0.2, 0.25) is 0 Å². The van der Waals surface area contributed by atoms with E-state index in [-0.39, 0.29) is 12.3 Å². The molecule has 45 heavy (non-hydrogen) atoms. The monoisotopic (exact) mass is 625 g/mol. The summed E-state index contributed by atoms with van der Waals surface area (Å²) in [6.07, 6.45) is 3.73. The van der Waals surface area contributed by atoms with Crippen LogP contribution in [0.1, 0.15) is 44.6 Å². The molecule has 0 spiro atoms. The Morgan fingerprint density at radius 2 is 1.76 bits per heavy atom. The molecule has 234 valence electrons. The van der Waals surface area contributed by atoms with Gasteiger partial charge in [0.05, 0.1) is 39.4 Å². The van der Waals surface area contributed by atoms with Crippen LogP contribution in [-0.2, 0) is 35.2 Å². The Labute approximate surface area is 266 Å². The van der Waals surface area contributed by atoms with E-state index in [9.17, 15) is 14.1 Å². The number of aromatic nitrogens is 3. The van der Waals surface area contributed by atoms with Crippen molar-refractivity contribution in [1.82, 2.24) is 14.5 Å². The Morgan fingerprint density at radius 1 is 1.00 bits per heavy atom. The van der Waals surface area contributed by atoms with Gasteiger partial charge in [-0.25, -0.2) is 4.98 Å². The molecule has 0 radical (unpaired) electrons. The second-order valence-electron chi connectivity index (χ2n) is 12.2. The van der Waals surface area contributed by atoms with E-state index in [0.29, 0.717) is 35.4 Å². The Balaban J connectivity index is 1.59. The Bertz CT molecular complexity index is 1800. The van der Waals surface area contributed by atoms with E-state index in [4.69, 9.17) is 9.47 Å². The molecular formula is C36H39N3O5S. The molecule has 0 aliphatic carbocycles. The van der Waals surface area contributed by atoms with Gasteiger partial charge in [0, 0.05) is 53.8 Å². The number of carboxylic acid groups (broad SMARTS) is 1. The van der Waals surface area contributed by atoms with Gasteiger partial charge in [-0.1, -0.05) is 44.2 Å². The second-order valence-corrected chi connectivity index (χ2v) is 13.6. The summed E-state index contributed by atoms with van der Waals surface area (Å²) in [6.45, 7) is 8.29. The number of aliphatic carboxylic acids is 1. The van der Waals surface area contributed by atoms with Crippen molar-refractivity contribution in [3.63, 3.8) is 0 Å². The maximum absolute atomic E-state index is 14.0. The molecule has 1 unspecified atom stereocenters. The lowest BCUT2D eigenvalue weighted by Crippen LogP contribution is -2.28. The summed E-state index contributed by atoms with van der Waals surface area (Å²) in [7, 11) is 0.227. The molecule has 8 nitrogen and oxygen atoms in total. The SMILES string of the molecule is COc1ccc(-c2ccc(Cn3c(CC(C)(C)C(=O)O)c(S(=O)CC(C)C)c4cc(OCc5ccccn5)ccc43)cc2)cn1. The predicted octanol–water partition coefficient (Wildman–Crippen LogP) is 7.15. The summed E-state index contributed by atoms with van der Waals surface area (Å²) in [4.78, 5) is 21.7. The number of methoxy groups -OCH3 is 1. The predicted molar refractivity (Wildman–Crippen MR) is 177 cm³/mol. The highest BCUT2D eigenvalue weighted by Gasteiger charge is 2.33.